The van der Waals surface area contributed by atoms with E-state index in [0.717, 1.165) is 0 Å². The maximum absolute atomic E-state index is 12.7. The van der Waals surface area contributed by atoms with Gasteiger partial charge in [0.2, 0.25) is 0 Å². The molecule has 1 aromatic carbocycles. The van der Waals surface area contributed by atoms with Gasteiger partial charge in [-0.15, -0.1) is 0 Å². The quantitative estimate of drug-likeness (QED) is 0.901. The zero-order valence-electron chi connectivity index (χ0n) is 12.9. The van der Waals surface area contributed by atoms with Crippen molar-refractivity contribution in [2.45, 2.75) is 25.1 Å². The number of hydrogen-bond acceptors (Lipinski definition) is 4. The van der Waals surface area contributed by atoms with E-state index in [9.17, 15) is 13.8 Å². The number of nitrogens with one attached hydrogen (secondary N) is 1. The third-order valence-corrected chi connectivity index (χ3v) is 5.73. The highest BCUT2D eigenvalue weighted by molar-refractivity contribution is 7.85. The summed E-state index contributed by atoms with van der Waals surface area (Å²) in [5.74, 6) is 0.377. The monoisotopic (exact) mass is 324 g/mol. The second kappa shape index (κ2) is 6.91. The number of ether oxygens (including phenoxy) is 1. The molecule has 2 amide bonds. The summed E-state index contributed by atoms with van der Waals surface area (Å²) in [6.45, 7) is 4.29. The van der Waals surface area contributed by atoms with Crippen molar-refractivity contribution >= 4 is 28.5 Å². The van der Waals surface area contributed by atoms with E-state index in [-0.39, 0.29) is 17.2 Å². The molecule has 22 heavy (non-hydrogen) atoms. The Hall–Kier alpha value is -1.89. The smallest absolute Gasteiger partial charge is 0.411 e. The van der Waals surface area contributed by atoms with E-state index in [1.54, 1.807) is 29.2 Å². The lowest BCUT2D eigenvalue weighted by atomic mass is 10.1. The summed E-state index contributed by atoms with van der Waals surface area (Å²) in [6, 6.07) is 6.62. The maximum atomic E-state index is 12.7. The third-order valence-electron chi connectivity index (χ3n) is 3.92. The van der Waals surface area contributed by atoms with Crippen molar-refractivity contribution in [3.63, 3.8) is 0 Å². The largest absolute Gasteiger partial charge is 0.453 e. The fourth-order valence-electron chi connectivity index (χ4n) is 2.40. The highest BCUT2D eigenvalue weighted by Crippen LogP contribution is 2.20. The van der Waals surface area contributed by atoms with E-state index in [0.29, 0.717) is 23.5 Å². The first-order valence-electron chi connectivity index (χ1n) is 7.07. The summed E-state index contributed by atoms with van der Waals surface area (Å²) in [7, 11) is 0.389. The van der Waals surface area contributed by atoms with Crippen LogP contribution < -0.4 is 5.32 Å². The van der Waals surface area contributed by atoms with Crippen molar-refractivity contribution in [3.8, 4) is 0 Å². The van der Waals surface area contributed by atoms with Gasteiger partial charge < -0.3 is 9.64 Å². The van der Waals surface area contributed by atoms with Gasteiger partial charge in [-0.2, -0.15) is 0 Å². The van der Waals surface area contributed by atoms with Crippen LogP contribution in [0, 0.1) is 0 Å². The Balaban J connectivity index is 2.17. The predicted octanol–water partition coefficient (Wildman–Crippen LogP) is 1.85. The number of hydrogen-bond donors (Lipinski definition) is 1. The molecule has 1 saturated heterocycles. The Kier molecular flexibility index (Phi) is 5.18. The molecule has 1 N–H and O–H groups in total. The molecule has 7 heteroatoms. The number of rotatable bonds is 2. The minimum Gasteiger partial charge on any atom is -0.453 e. The molecule has 1 aromatic rings. The normalized spacial score (nSPS) is 24.7. The molecule has 0 aromatic heterocycles. The molecule has 3 atom stereocenters. The van der Waals surface area contributed by atoms with Crippen LogP contribution in [0.15, 0.2) is 24.3 Å². The van der Waals surface area contributed by atoms with Crippen LogP contribution >= 0.6 is 0 Å². The summed E-state index contributed by atoms with van der Waals surface area (Å²) in [5, 5.41) is 2.49. The van der Waals surface area contributed by atoms with Crippen LogP contribution in [0.1, 0.15) is 24.2 Å². The molecule has 1 fully saturated rings. The van der Waals surface area contributed by atoms with E-state index in [1.807, 2.05) is 13.8 Å². The zero-order valence-corrected chi connectivity index (χ0v) is 13.7. The van der Waals surface area contributed by atoms with Gasteiger partial charge in [-0.1, -0.05) is 6.07 Å². The van der Waals surface area contributed by atoms with Crippen LogP contribution in [0.3, 0.4) is 0 Å². The van der Waals surface area contributed by atoms with E-state index >= 15 is 0 Å². The first kappa shape index (κ1) is 16.5. The summed E-state index contributed by atoms with van der Waals surface area (Å²) >= 11 is 0. The molecule has 120 valence electrons. The maximum Gasteiger partial charge on any atom is 0.411 e. The fourth-order valence-corrected chi connectivity index (χ4v) is 3.74. The van der Waals surface area contributed by atoms with Crippen LogP contribution in [-0.2, 0) is 15.5 Å². The van der Waals surface area contributed by atoms with Gasteiger partial charge in [0.25, 0.3) is 5.91 Å². The second-order valence-electron chi connectivity index (χ2n) is 5.23. The molecule has 0 aliphatic carbocycles. The molecule has 0 saturated carbocycles. The molecule has 0 spiro atoms. The topological polar surface area (TPSA) is 75.7 Å². The summed E-state index contributed by atoms with van der Waals surface area (Å²) < 4.78 is 16.4. The van der Waals surface area contributed by atoms with E-state index in [1.165, 1.54) is 7.11 Å². The first-order valence-corrected chi connectivity index (χ1v) is 8.45. The van der Waals surface area contributed by atoms with Gasteiger partial charge in [0.15, 0.2) is 0 Å². The Bertz CT molecular complexity index is 605. The summed E-state index contributed by atoms with van der Waals surface area (Å²) in [6.07, 6.45) is -0.583. The predicted molar refractivity (Wildman–Crippen MR) is 85.4 cm³/mol. The molecular weight excluding hydrogens is 304 g/mol. The van der Waals surface area contributed by atoms with E-state index < -0.39 is 16.9 Å². The number of carbonyl (C=O) groups excluding carboxylic acids is 2. The molecular formula is C15H20N2O4S. The zero-order chi connectivity index (χ0) is 16.3. The van der Waals surface area contributed by atoms with Crippen LogP contribution in [0.25, 0.3) is 0 Å². The lowest BCUT2D eigenvalue weighted by molar-refractivity contribution is 0.0695. The molecule has 6 nitrogen and oxygen atoms in total. The van der Waals surface area contributed by atoms with E-state index in [4.69, 9.17) is 0 Å². The molecule has 1 heterocycles. The van der Waals surface area contributed by atoms with Crippen LogP contribution in [0.5, 0.6) is 0 Å². The minimum atomic E-state index is -0.890. The fraction of sp³-hybridized carbons (Fsp3) is 0.467. The molecule has 2 rings (SSSR count). The first-order chi connectivity index (χ1) is 10.4. The minimum absolute atomic E-state index is 0.0472. The lowest BCUT2D eigenvalue weighted by Crippen LogP contribution is -2.52. The number of carbonyl (C=O) groups is 2. The summed E-state index contributed by atoms with van der Waals surface area (Å²) in [5.41, 5.74) is 0.986. The van der Waals surface area contributed by atoms with Crippen molar-refractivity contribution in [2.75, 3.05) is 24.7 Å². The van der Waals surface area contributed by atoms with Crippen molar-refractivity contribution in [1.29, 1.82) is 0 Å². The number of anilines is 1. The number of nitrogens with zero attached hydrogens (tertiary/aromatic N) is 1. The molecule has 0 radical (unpaired) electrons. The van der Waals surface area contributed by atoms with Gasteiger partial charge in [0.05, 0.1) is 12.4 Å². The van der Waals surface area contributed by atoms with Crippen molar-refractivity contribution < 1.29 is 18.5 Å². The Morgan fingerprint density at radius 1 is 1.36 bits per heavy atom. The van der Waals surface area contributed by atoms with Gasteiger partial charge in [-0.25, -0.2) is 4.79 Å². The Morgan fingerprint density at radius 2 is 2.09 bits per heavy atom. The van der Waals surface area contributed by atoms with Gasteiger partial charge in [0, 0.05) is 40.4 Å². The van der Waals surface area contributed by atoms with Crippen LogP contribution in [0.4, 0.5) is 10.5 Å². The van der Waals surface area contributed by atoms with Crippen LogP contribution in [-0.4, -0.2) is 51.8 Å². The standard InChI is InChI=1S/C15H20N2O4S/c1-10-11(2)22(20)8-7-17(10)14(18)12-5-4-6-13(9-12)16-15(19)21-3/h4-6,9-11H,7-8H2,1-3H3,(H,16,19). The third kappa shape index (κ3) is 3.47. The second-order valence-corrected chi connectivity index (χ2v) is 7.14. The molecule has 1 aliphatic heterocycles. The molecule has 1 aliphatic rings. The highest BCUT2D eigenvalue weighted by atomic mass is 32.2. The van der Waals surface area contributed by atoms with Gasteiger partial charge in [-0.05, 0) is 32.0 Å². The number of amides is 2. The van der Waals surface area contributed by atoms with Gasteiger partial charge in [-0.3, -0.25) is 14.3 Å². The van der Waals surface area contributed by atoms with E-state index in [2.05, 4.69) is 10.1 Å². The average molecular weight is 324 g/mol. The van der Waals surface area contributed by atoms with Crippen molar-refractivity contribution in [2.24, 2.45) is 0 Å². The van der Waals surface area contributed by atoms with Gasteiger partial charge in [0.1, 0.15) is 0 Å². The highest BCUT2D eigenvalue weighted by Gasteiger charge is 2.33. The molecule has 3 unspecified atom stereocenters. The average Bonchev–Trinajstić information content (AvgIpc) is 2.52. The lowest BCUT2D eigenvalue weighted by Gasteiger charge is -2.37. The SMILES string of the molecule is COC(=O)Nc1cccc(C(=O)N2CCS(=O)C(C)C2C)c1. The molecule has 0 bridgehead atoms. The van der Waals surface area contributed by atoms with Crippen molar-refractivity contribution in [1.82, 2.24) is 4.90 Å². The van der Waals surface area contributed by atoms with Crippen molar-refractivity contribution in [3.05, 3.63) is 29.8 Å². The van der Waals surface area contributed by atoms with Gasteiger partial charge >= 0.3 is 6.09 Å². The number of benzene rings is 1. The Labute approximate surface area is 132 Å². The summed E-state index contributed by atoms with van der Waals surface area (Å²) in [4.78, 5) is 25.6. The van der Waals surface area contributed by atoms with Crippen LogP contribution in [0.2, 0.25) is 0 Å². The Morgan fingerprint density at radius 3 is 2.77 bits per heavy atom. The number of methoxy groups -OCH3 is 1.